The van der Waals surface area contributed by atoms with E-state index in [9.17, 15) is 0 Å². The molecule has 0 unspecified atom stereocenters. The van der Waals surface area contributed by atoms with Crippen LogP contribution in [0, 0.1) is 6.07 Å². The lowest BCUT2D eigenvalue weighted by molar-refractivity contribution is 1.37. The summed E-state index contributed by atoms with van der Waals surface area (Å²) in [4.78, 5) is 9.00. The number of fused-ring (bicyclic) bond motifs is 3. The molecule has 2 heteroatoms. The number of pyridine rings is 2. The molecule has 0 aliphatic heterocycles. The second kappa shape index (κ2) is 4.42. The predicted octanol–water partition coefficient (Wildman–Crippen LogP) is 4.25. The van der Waals surface area contributed by atoms with Crippen LogP contribution in [0.3, 0.4) is 0 Å². The van der Waals surface area contributed by atoms with Crippen LogP contribution in [0.25, 0.3) is 32.9 Å². The first-order valence-electron chi connectivity index (χ1n) is 6.52. The van der Waals surface area contributed by atoms with Crippen molar-refractivity contribution in [3.05, 3.63) is 73.1 Å². The maximum atomic E-state index is 4.52. The van der Waals surface area contributed by atoms with Crippen molar-refractivity contribution in [2.75, 3.05) is 0 Å². The van der Waals surface area contributed by atoms with E-state index < -0.39 is 0 Å². The number of nitrogens with zero attached hydrogens (tertiary/aromatic N) is 2. The first kappa shape index (κ1) is 11.1. The fraction of sp³-hybridized carbons (Fsp3) is 0. The number of hydrogen-bond acceptors (Lipinski definition) is 2. The number of rotatable bonds is 1. The molecule has 2 aromatic carbocycles. The zero-order chi connectivity index (χ0) is 13.4. The van der Waals surface area contributed by atoms with Gasteiger partial charge in [-0.25, -0.2) is 0 Å². The third-order valence-corrected chi connectivity index (χ3v) is 3.50. The molecule has 0 N–H and O–H groups in total. The van der Waals surface area contributed by atoms with E-state index in [-0.39, 0.29) is 0 Å². The molecule has 0 spiro atoms. The Balaban J connectivity index is 2.12. The molecular formula is C18H11N2. The lowest BCUT2D eigenvalue weighted by Crippen LogP contribution is -1.87. The summed E-state index contributed by atoms with van der Waals surface area (Å²) in [5.41, 5.74) is 4.21. The summed E-state index contributed by atoms with van der Waals surface area (Å²) in [6.45, 7) is 0. The molecule has 0 aliphatic rings. The lowest BCUT2D eigenvalue weighted by atomic mass is 10.00. The third kappa shape index (κ3) is 1.66. The molecule has 0 aliphatic carbocycles. The molecule has 4 rings (SSSR count). The van der Waals surface area contributed by atoms with Gasteiger partial charge in [0.2, 0.25) is 0 Å². The lowest BCUT2D eigenvalue weighted by Gasteiger charge is -2.07. The van der Waals surface area contributed by atoms with Gasteiger partial charge in [0.25, 0.3) is 0 Å². The van der Waals surface area contributed by atoms with Gasteiger partial charge < -0.3 is 0 Å². The smallest absolute Gasteiger partial charge is 0.0970 e. The first-order valence-corrected chi connectivity index (χ1v) is 6.52. The van der Waals surface area contributed by atoms with Gasteiger partial charge in [-0.3, -0.25) is 9.97 Å². The Kier molecular flexibility index (Phi) is 2.46. The van der Waals surface area contributed by atoms with Gasteiger partial charge in [-0.15, -0.1) is 0 Å². The summed E-state index contributed by atoms with van der Waals surface area (Å²) in [6, 6.07) is 21.4. The Labute approximate surface area is 116 Å². The number of hydrogen-bond donors (Lipinski definition) is 0. The van der Waals surface area contributed by atoms with Crippen molar-refractivity contribution in [3.63, 3.8) is 0 Å². The maximum absolute atomic E-state index is 4.52. The molecule has 0 bridgehead atoms. The van der Waals surface area contributed by atoms with E-state index in [1.165, 1.54) is 5.56 Å². The average Bonchev–Trinajstić information content (AvgIpc) is 2.55. The van der Waals surface area contributed by atoms with Crippen LogP contribution < -0.4 is 0 Å². The van der Waals surface area contributed by atoms with Crippen molar-refractivity contribution in [3.8, 4) is 11.1 Å². The second-order valence-electron chi connectivity index (χ2n) is 4.69. The van der Waals surface area contributed by atoms with E-state index in [1.807, 2.05) is 42.7 Å². The molecule has 0 saturated heterocycles. The first-order chi connectivity index (χ1) is 9.93. The Bertz CT molecular complexity index is 899. The van der Waals surface area contributed by atoms with E-state index in [4.69, 9.17) is 0 Å². The van der Waals surface area contributed by atoms with Gasteiger partial charge in [-0.2, -0.15) is 0 Å². The summed E-state index contributed by atoms with van der Waals surface area (Å²) in [6.07, 6.45) is 3.66. The van der Waals surface area contributed by atoms with Crippen LogP contribution in [0.1, 0.15) is 0 Å². The summed E-state index contributed by atoms with van der Waals surface area (Å²) in [5, 5.41) is 2.24. The molecule has 2 aromatic heterocycles. The molecule has 20 heavy (non-hydrogen) atoms. The molecule has 2 heterocycles. The quantitative estimate of drug-likeness (QED) is 0.475. The topological polar surface area (TPSA) is 25.8 Å². The highest BCUT2D eigenvalue weighted by Crippen LogP contribution is 2.30. The molecular weight excluding hydrogens is 244 g/mol. The fourth-order valence-electron chi connectivity index (χ4n) is 2.57. The SMILES string of the molecule is [c]1cccc(-c2ccnc3c2ccc2cccnc23)c1. The fourth-order valence-corrected chi connectivity index (χ4v) is 2.57. The van der Waals surface area contributed by atoms with E-state index in [0.717, 1.165) is 27.4 Å². The van der Waals surface area contributed by atoms with Crippen molar-refractivity contribution in [2.24, 2.45) is 0 Å². The largest absolute Gasteiger partial charge is 0.254 e. The molecule has 2 nitrogen and oxygen atoms in total. The molecule has 93 valence electrons. The second-order valence-corrected chi connectivity index (χ2v) is 4.69. The zero-order valence-corrected chi connectivity index (χ0v) is 10.7. The Hall–Kier alpha value is -2.74. The minimum Gasteiger partial charge on any atom is -0.254 e. The van der Waals surface area contributed by atoms with Gasteiger partial charge in [-0.1, -0.05) is 36.4 Å². The van der Waals surface area contributed by atoms with Crippen LogP contribution in [0.15, 0.2) is 67.0 Å². The number of benzene rings is 2. The van der Waals surface area contributed by atoms with E-state index in [2.05, 4.69) is 40.3 Å². The highest BCUT2D eigenvalue weighted by molar-refractivity contribution is 6.07. The van der Waals surface area contributed by atoms with Gasteiger partial charge in [0.1, 0.15) is 0 Å². The highest BCUT2D eigenvalue weighted by Gasteiger charge is 2.07. The van der Waals surface area contributed by atoms with Gasteiger partial charge in [0.05, 0.1) is 11.0 Å². The summed E-state index contributed by atoms with van der Waals surface area (Å²) < 4.78 is 0. The summed E-state index contributed by atoms with van der Waals surface area (Å²) in [7, 11) is 0. The van der Waals surface area contributed by atoms with Crippen molar-refractivity contribution in [1.82, 2.24) is 9.97 Å². The third-order valence-electron chi connectivity index (χ3n) is 3.50. The normalized spacial score (nSPS) is 11.0. The van der Waals surface area contributed by atoms with Gasteiger partial charge in [0, 0.05) is 23.2 Å². The van der Waals surface area contributed by atoms with Crippen LogP contribution in [0.5, 0.6) is 0 Å². The van der Waals surface area contributed by atoms with E-state index in [1.54, 1.807) is 0 Å². The van der Waals surface area contributed by atoms with Crippen molar-refractivity contribution in [1.29, 1.82) is 0 Å². The predicted molar refractivity (Wildman–Crippen MR) is 81.3 cm³/mol. The van der Waals surface area contributed by atoms with Gasteiger partial charge >= 0.3 is 0 Å². The van der Waals surface area contributed by atoms with Gasteiger partial charge in [0.15, 0.2) is 0 Å². The Morgan fingerprint density at radius 3 is 2.65 bits per heavy atom. The van der Waals surface area contributed by atoms with Crippen LogP contribution in [0.4, 0.5) is 0 Å². The molecule has 0 atom stereocenters. The monoisotopic (exact) mass is 255 g/mol. The Morgan fingerprint density at radius 2 is 1.75 bits per heavy atom. The summed E-state index contributed by atoms with van der Waals surface area (Å²) >= 11 is 0. The molecule has 4 aromatic rings. The van der Waals surface area contributed by atoms with Crippen molar-refractivity contribution in [2.45, 2.75) is 0 Å². The van der Waals surface area contributed by atoms with Gasteiger partial charge in [-0.05, 0) is 35.4 Å². The van der Waals surface area contributed by atoms with Crippen LogP contribution >= 0.6 is 0 Å². The van der Waals surface area contributed by atoms with Crippen LogP contribution in [-0.4, -0.2) is 9.97 Å². The standard InChI is InChI=1S/C18H11N2/c1-2-5-13(6-3-1)15-10-12-20-18-16(15)9-8-14-7-4-11-19-17(14)18/h1-2,4-12H. The van der Waals surface area contributed by atoms with Crippen LogP contribution in [0.2, 0.25) is 0 Å². The highest BCUT2D eigenvalue weighted by atomic mass is 14.7. The number of aromatic nitrogens is 2. The van der Waals surface area contributed by atoms with E-state index in [0.29, 0.717) is 0 Å². The molecule has 0 saturated carbocycles. The van der Waals surface area contributed by atoms with Crippen LogP contribution in [-0.2, 0) is 0 Å². The van der Waals surface area contributed by atoms with Crippen molar-refractivity contribution >= 4 is 21.8 Å². The average molecular weight is 255 g/mol. The van der Waals surface area contributed by atoms with Crippen molar-refractivity contribution < 1.29 is 0 Å². The molecule has 1 radical (unpaired) electrons. The maximum Gasteiger partial charge on any atom is 0.0970 e. The summed E-state index contributed by atoms with van der Waals surface area (Å²) in [5.74, 6) is 0. The minimum atomic E-state index is 0.949. The molecule has 0 fully saturated rings. The van der Waals surface area contributed by atoms with E-state index >= 15 is 0 Å². The zero-order valence-electron chi connectivity index (χ0n) is 10.7. The Morgan fingerprint density at radius 1 is 0.800 bits per heavy atom. The minimum absolute atomic E-state index is 0.949. The molecule has 0 amide bonds.